The zero-order valence-corrected chi connectivity index (χ0v) is 14.3. The van der Waals surface area contributed by atoms with Crippen LogP contribution in [0.25, 0.3) is 16.7 Å². The summed E-state index contributed by atoms with van der Waals surface area (Å²) in [6.45, 7) is 0. The Bertz CT molecular complexity index is 828. The summed E-state index contributed by atoms with van der Waals surface area (Å²) in [4.78, 5) is 4.18. The predicted molar refractivity (Wildman–Crippen MR) is 85.9 cm³/mol. The Hall–Kier alpha value is -0.980. The van der Waals surface area contributed by atoms with Crippen LogP contribution < -0.4 is 0 Å². The van der Waals surface area contributed by atoms with Crippen molar-refractivity contribution in [3.8, 4) is 5.69 Å². The standard InChI is InChI=1S/C14H7Br2ClF2N2/c15-8-2-1-3-9(16)14(8)21-11-5-7(18)4-10(19)13(11)20-12(21)6-17/h1-5H,6H2. The van der Waals surface area contributed by atoms with Crippen LogP contribution in [0, 0.1) is 11.6 Å². The molecule has 7 heteroatoms. The van der Waals surface area contributed by atoms with Crippen LogP contribution in [0.2, 0.25) is 0 Å². The Morgan fingerprint density at radius 1 is 1.14 bits per heavy atom. The minimum Gasteiger partial charge on any atom is -0.293 e. The molecule has 2 nitrogen and oxygen atoms in total. The van der Waals surface area contributed by atoms with Crippen molar-refractivity contribution < 1.29 is 8.78 Å². The molecule has 0 aliphatic rings. The summed E-state index contributed by atoms with van der Waals surface area (Å²) >= 11 is 12.8. The highest BCUT2D eigenvalue weighted by Crippen LogP contribution is 2.34. The maximum atomic E-state index is 13.9. The van der Waals surface area contributed by atoms with Gasteiger partial charge in [-0.3, -0.25) is 4.57 Å². The number of benzene rings is 2. The van der Waals surface area contributed by atoms with Crippen LogP contribution in [0.15, 0.2) is 39.3 Å². The quantitative estimate of drug-likeness (QED) is 0.481. The summed E-state index contributed by atoms with van der Waals surface area (Å²) in [5, 5.41) is 0. The van der Waals surface area contributed by atoms with Gasteiger partial charge in [0.1, 0.15) is 17.2 Å². The van der Waals surface area contributed by atoms with Gasteiger partial charge in [0, 0.05) is 21.1 Å². The van der Waals surface area contributed by atoms with E-state index in [0.717, 1.165) is 15.0 Å². The van der Waals surface area contributed by atoms with E-state index in [1.165, 1.54) is 6.07 Å². The first-order chi connectivity index (χ1) is 10.0. The fourth-order valence-electron chi connectivity index (χ4n) is 2.19. The summed E-state index contributed by atoms with van der Waals surface area (Å²) in [5.74, 6) is -0.865. The third-order valence-corrected chi connectivity index (χ3v) is 4.55. The first kappa shape index (κ1) is 14.9. The number of halogens is 5. The fraction of sp³-hybridized carbons (Fsp3) is 0.0714. The van der Waals surface area contributed by atoms with Crippen molar-refractivity contribution in [1.82, 2.24) is 9.55 Å². The van der Waals surface area contributed by atoms with Crippen LogP contribution in [0.4, 0.5) is 8.78 Å². The highest BCUT2D eigenvalue weighted by atomic mass is 79.9. The first-order valence-corrected chi connectivity index (χ1v) is 8.01. The van der Waals surface area contributed by atoms with Gasteiger partial charge in [0.25, 0.3) is 0 Å². The number of para-hydroxylation sites is 1. The summed E-state index contributed by atoms with van der Waals surface area (Å²) in [7, 11) is 0. The Labute approximate surface area is 141 Å². The second-order valence-electron chi connectivity index (χ2n) is 4.32. The van der Waals surface area contributed by atoms with Gasteiger partial charge in [-0.2, -0.15) is 0 Å². The van der Waals surface area contributed by atoms with Gasteiger partial charge in [-0.05, 0) is 44.0 Å². The molecule has 0 amide bonds. The number of fused-ring (bicyclic) bond motifs is 1. The molecular formula is C14H7Br2ClF2N2. The average molecular weight is 436 g/mol. The van der Waals surface area contributed by atoms with Crippen LogP contribution in [0.3, 0.4) is 0 Å². The van der Waals surface area contributed by atoms with Gasteiger partial charge in [0.05, 0.1) is 17.1 Å². The lowest BCUT2D eigenvalue weighted by atomic mass is 10.2. The second kappa shape index (κ2) is 5.66. The molecule has 0 atom stereocenters. The minimum absolute atomic E-state index is 0.0729. The maximum absolute atomic E-state index is 13.9. The van der Waals surface area contributed by atoms with E-state index in [4.69, 9.17) is 11.6 Å². The number of alkyl halides is 1. The molecule has 3 rings (SSSR count). The number of imidazole rings is 1. The van der Waals surface area contributed by atoms with Crippen LogP contribution in [0.1, 0.15) is 5.82 Å². The number of aromatic nitrogens is 2. The van der Waals surface area contributed by atoms with Crippen molar-refractivity contribution in [1.29, 1.82) is 0 Å². The third-order valence-electron chi connectivity index (χ3n) is 3.03. The number of rotatable bonds is 2. The highest BCUT2D eigenvalue weighted by molar-refractivity contribution is 9.11. The smallest absolute Gasteiger partial charge is 0.153 e. The number of hydrogen-bond acceptors (Lipinski definition) is 1. The van der Waals surface area contributed by atoms with Gasteiger partial charge in [0.15, 0.2) is 5.82 Å². The largest absolute Gasteiger partial charge is 0.293 e. The van der Waals surface area contributed by atoms with Crippen LogP contribution in [-0.2, 0) is 5.88 Å². The van der Waals surface area contributed by atoms with Gasteiger partial charge < -0.3 is 0 Å². The molecule has 0 aliphatic carbocycles. The van der Waals surface area contributed by atoms with Gasteiger partial charge >= 0.3 is 0 Å². The molecule has 1 heterocycles. The van der Waals surface area contributed by atoms with E-state index in [-0.39, 0.29) is 11.4 Å². The second-order valence-corrected chi connectivity index (χ2v) is 6.30. The molecule has 0 saturated heterocycles. The van der Waals surface area contributed by atoms with Crippen LogP contribution in [0.5, 0.6) is 0 Å². The third kappa shape index (κ3) is 2.49. The van der Waals surface area contributed by atoms with Crippen molar-refractivity contribution >= 4 is 54.5 Å². The summed E-state index contributed by atoms with van der Waals surface area (Å²) in [6, 6.07) is 7.57. The Morgan fingerprint density at radius 2 is 1.81 bits per heavy atom. The monoisotopic (exact) mass is 434 g/mol. The number of hydrogen-bond donors (Lipinski definition) is 0. The van der Waals surface area contributed by atoms with E-state index in [2.05, 4.69) is 36.8 Å². The normalized spacial score (nSPS) is 11.3. The number of nitrogens with zero attached hydrogens (tertiary/aromatic N) is 2. The van der Waals surface area contributed by atoms with Crippen molar-refractivity contribution in [2.24, 2.45) is 0 Å². The predicted octanol–water partition coefficient (Wildman–Crippen LogP) is 5.57. The van der Waals surface area contributed by atoms with Crippen molar-refractivity contribution in [3.05, 3.63) is 56.7 Å². The van der Waals surface area contributed by atoms with Gasteiger partial charge in [-0.1, -0.05) is 6.07 Å². The molecular weight excluding hydrogens is 429 g/mol. The van der Waals surface area contributed by atoms with Crippen molar-refractivity contribution in [2.45, 2.75) is 5.88 Å². The maximum Gasteiger partial charge on any atom is 0.153 e. The summed E-state index contributed by atoms with van der Waals surface area (Å²) in [6.07, 6.45) is 0. The van der Waals surface area contributed by atoms with E-state index >= 15 is 0 Å². The molecule has 0 unspecified atom stereocenters. The Balaban J connectivity index is 2.46. The fourth-order valence-corrected chi connectivity index (χ4v) is 3.73. The molecule has 21 heavy (non-hydrogen) atoms. The van der Waals surface area contributed by atoms with Gasteiger partial charge in [-0.15, -0.1) is 11.6 Å². The average Bonchev–Trinajstić information content (AvgIpc) is 2.78. The molecule has 0 aliphatic heterocycles. The molecule has 3 aromatic rings. The van der Waals surface area contributed by atoms with E-state index in [1.807, 2.05) is 18.2 Å². The molecule has 108 valence electrons. The molecule has 0 fully saturated rings. The van der Waals surface area contributed by atoms with Crippen molar-refractivity contribution in [2.75, 3.05) is 0 Å². The molecule has 1 aromatic heterocycles. The van der Waals surface area contributed by atoms with Gasteiger partial charge in [0.2, 0.25) is 0 Å². The van der Waals surface area contributed by atoms with Crippen molar-refractivity contribution in [3.63, 3.8) is 0 Å². The molecule has 2 aromatic carbocycles. The lowest BCUT2D eigenvalue weighted by molar-refractivity contribution is 0.590. The van der Waals surface area contributed by atoms with E-state index in [0.29, 0.717) is 17.0 Å². The molecule has 0 bridgehead atoms. The van der Waals surface area contributed by atoms with E-state index in [1.54, 1.807) is 4.57 Å². The van der Waals surface area contributed by atoms with Crippen LogP contribution >= 0.6 is 43.5 Å². The van der Waals surface area contributed by atoms with Crippen LogP contribution in [-0.4, -0.2) is 9.55 Å². The van der Waals surface area contributed by atoms with E-state index in [9.17, 15) is 8.78 Å². The topological polar surface area (TPSA) is 17.8 Å². The zero-order valence-electron chi connectivity index (χ0n) is 10.4. The highest BCUT2D eigenvalue weighted by Gasteiger charge is 2.19. The first-order valence-electron chi connectivity index (χ1n) is 5.89. The molecule has 0 N–H and O–H groups in total. The summed E-state index contributed by atoms with van der Waals surface area (Å²) in [5.41, 5.74) is 1.12. The Kier molecular flexibility index (Phi) is 4.03. The lowest BCUT2D eigenvalue weighted by Gasteiger charge is -2.12. The lowest BCUT2D eigenvalue weighted by Crippen LogP contribution is -2.01. The molecule has 0 radical (unpaired) electrons. The SMILES string of the molecule is Fc1cc(F)c2nc(CCl)n(-c3c(Br)cccc3Br)c2c1. The minimum atomic E-state index is -0.710. The van der Waals surface area contributed by atoms with Gasteiger partial charge in [-0.25, -0.2) is 13.8 Å². The summed E-state index contributed by atoms with van der Waals surface area (Å²) < 4.78 is 30.6. The van der Waals surface area contributed by atoms with E-state index < -0.39 is 11.6 Å². The molecule has 0 saturated carbocycles. The zero-order chi connectivity index (χ0) is 15.1. The Morgan fingerprint density at radius 3 is 2.43 bits per heavy atom. The molecule has 0 spiro atoms.